The van der Waals surface area contributed by atoms with Crippen LogP contribution in [0.2, 0.25) is 0 Å². The van der Waals surface area contributed by atoms with Crippen molar-refractivity contribution >= 4 is 83.6 Å². The Morgan fingerprint density at radius 3 is 1.06 bits per heavy atom. The van der Waals surface area contributed by atoms with E-state index in [0.29, 0.717) is 6.42 Å². The number of methoxy groups -OCH3 is 2. The number of carboxylic acid groups (broad SMARTS) is 3. The van der Waals surface area contributed by atoms with Crippen molar-refractivity contribution in [1.29, 1.82) is 0 Å². The van der Waals surface area contributed by atoms with Crippen LogP contribution in [0.25, 0.3) is 0 Å². The Kier molecular flexibility index (Phi) is 46.2. The van der Waals surface area contributed by atoms with Gasteiger partial charge in [0.05, 0.1) is 52.9 Å². The standard InChI is InChI=1S/C21H29N3O6.C19H26N2O5.C15H19N3O4.C10H18N2O4.C8H14O4.5CH4/c1-21(2,3)30-20(28)22-12-18(26)24-13-15(11-16(24)19(27)29-4)23-17(25)10-14-8-6-5-7-9-14;1-19(2,3)26-18(24)21-12-14(11-15(21)17(23)25-4)20-16(22)10-13-8-6-5-7-9-13;16-8-14(20)18-9-11(7-12(18)15(21)22)17-13(19)6-10-4-2-1-3-5-10;1-10(2,3)16-9(15)12-5-6(11)4-7(12)8(13)14;1-8(2,3)12-7(11)5-4-6(9)10;;;;;/h5-9,15-16H,10-13H2,1-4H3,(H,22,28)(H,23,25);5-9,14-15H,10-12H2,1-4H3,(H,20,22);1-5,11-12H,6-9,16H2,(H,17,19)(H,21,22);6-7H,4-5,11H2,1-3H3,(H,13,14);4-5H2,1-3H3,(H,9,10);5*1H4/t15-,16+;14-,15+;11-,12+;6-,7+;;;;;;/m1111....../s1. The lowest BCUT2D eigenvalue weighted by molar-refractivity contribution is -0.157. The highest BCUT2D eigenvalue weighted by Gasteiger charge is 2.45. The van der Waals surface area contributed by atoms with Crippen molar-refractivity contribution in [3.63, 3.8) is 0 Å². The number of likely N-dealkylation sites (tertiary alicyclic amines) is 4. The zero-order valence-corrected chi connectivity index (χ0v) is 62.8. The first-order chi connectivity index (χ1) is 49.3. The molecule has 3 aromatic rings. The number of hydrogen-bond acceptors (Lipinski definition) is 22. The van der Waals surface area contributed by atoms with E-state index in [9.17, 15) is 67.1 Å². The summed E-state index contributed by atoms with van der Waals surface area (Å²) in [5.74, 6) is -6.10. The summed E-state index contributed by atoms with van der Waals surface area (Å²) in [5.41, 5.74) is 11.0. The lowest BCUT2D eigenvalue weighted by Crippen LogP contribution is -2.47. The number of nitrogens with zero attached hydrogens (tertiary/aromatic N) is 4. The molecule has 8 amide bonds. The highest BCUT2D eigenvalue weighted by Crippen LogP contribution is 2.25. The molecule has 7 rings (SSSR count). The molecule has 4 fully saturated rings. The molecule has 4 heterocycles. The number of rotatable bonds is 19. The zero-order valence-electron chi connectivity index (χ0n) is 62.8. The smallest absolute Gasteiger partial charge is 0.411 e. The summed E-state index contributed by atoms with van der Waals surface area (Å²) >= 11 is 0. The molecule has 8 atom stereocenters. The van der Waals surface area contributed by atoms with Crippen molar-refractivity contribution in [2.75, 3.05) is 53.5 Å². The van der Waals surface area contributed by atoms with E-state index in [1.807, 2.05) is 91.0 Å². The Labute approximate surface area is 654 Å². The van der Waals surface area contributed by atoms with Crippen molar-refractivity contribution in [2.45, 2.75) is 249 Å². The van der Waals surface area contributed by atoms with Crippen molar-refractivity contribution in [1.82, 2.24) is 40.9 Å². The van der Waals surface area contributed by atoms with Gasteiger partial charge in [0.1, 0.15) is 53.1 Å². The maximum Gasteiger partial charge on any atom is 0.411 e. The minimum Gasteiger partial charge on any atom is -0.481 e. The van der Waals surface area contributed by atoms with Gasteiger partial charge in [0.25, 0.3) is 0 Å². The van der Waals surface area contributed by atoms with E-state index in [1.165, 1.54) is 33.8 Å². The van der Waals surface area contributed by atoms with Crippen LogP contribution in [0, 0.1) is 0 Å². The van der Waals surface area contributed by atoms with Gasteiger partial charge in [-0.05, 0) is 106 Å². The van der Waals surface area contributed by atoms with E-state index >= 15 is 0 Å². The van der Waals surface area contributed by atoms with Crippen LogP contribution >= 0.6 is 0 Å². The number of aliphatic carboxylic acids is 3. The number of carbonyl (C=O) groups is 14. The van der Waals surface area contributed by atoms with Crippen LogP contribution in [0.4, 0.5) is 14.4 Å². The molecule has 111 heavy (non-hydrogen) atoms. The average molecular weight is 1570 g/mol. The van der Waals surface area contributed by atoms with Crippen LogP contribution in [0.15, 0.2) is 91.0 Å². The molecule has 4 saturated heterocycles. The van der Waals surface area contributed by atoms with Crippen molar-refractivity contribution in [3.05, 3.63) is 108 Å². The number of amides is 8. The van der Waals surface area contributed by atoms with Gasteiger partial charge in [-0.15, -0.1) is 0 Å². The monoisotopic (exact) mass is 1570 g/mol. The molecule has 11 N–H and O–H groups in total. The summed E-state index contributed by atoms with van der Waals surface area (Å²) in [5, 5.41) is 37.3. The molecule has 33 nitrogen and oxygen atoms in total. The molecule has 0 radical (unpaired) electrons. The number of nitrogens with two attached hydrogens (primary N) is 2. The Balaban J connectivity index is -0.00000134. The predicted molar refractivity (Wildman–Crippen MR) is 416 cm³/mol. The summed E-state index contributed by atoms with van der Waals surface area (Å²) in [4.78, 5) is 169. The zero-order chi connectivity index (χ0) is 80.0. The molecule has 626 valence electrons. The number of nitrogens with one attached hydrogen (secondary N) is 4. The number of alkyl carbamates (subject to hydrolysis) is 1. The van der Waals surface area contributed by atoms with Crippen LogP contribution in [0.5, 0.6) is 0 Å². The first kappa shape index (κ1) is 105. The van der Waals surface area contributed by atoms with Gasteiger partial charge >= 0.3 is 54.1 Å². The number of hydrogen-bond donors (Lipinski definition) is 9. The molecule has 4 aliphatic rings. The fourth-order valence-corrected chi connectivity index (χ4v) is 10.9. The number of carboxylic acids is 3. The Hall–Kier alpha value is -10.4. The summed E-state index contributed by atoms with van der Waals surface area (Å²) in [7, 11) is 2.52. The van der Waals surface area contributed by atoms with Crippen LogP contribution in [0.3, 0.4) is 0 Å². The average Bonchev–Trinajstić information content (AvgIpc) is 1.54. The van der Waals surface area contributed by atoms with Crippen LogP contribution in [-0.2, 0) is 100 Å². The van der Waals surface area contributed by atoms with Crippen LogP contribution in [0.1, 0.15) is 175 Å². The fraction of sp³-hybridized carbons (Fsp3) is 0.590. The van der Waals surface area contributed by atoms with Crippen molar-refractivity contribution in [3.8, 4) is 0 Å². The van der Waals surface area contributed by atoms with Gasteiger partial charge in [0.2, 0.25) is 29.5 Å². The third-order valence-electron chi connectivity index (χ3n) is 15.3. The van der Waals surface area contributed by atoms with Crippen molar-refractivity contribution < 1.29 is 111 Å². The summed E-state index contributed by atoms with van der Waals surface area (Å²) in [6, 6.07) is 23.1. The molecule has 0 spiro atoms. The van der Waals surface area contributed by atoms with E-state index in [4.69, 9.17) is 55.2 Å². The first-order valence-electron chi connectivity index (χ1n) is 34.4. The van der Waals surface area contributed by atoms with E-state index in [0.717, 1.165) is 16.7 Å². The molecule has 0 unspecified atom stereocenters. The highest BCUT2D eigenvalue weighted by atomic mass is 16.6. The van der Waals surface area contributed by atoms with E-state index in [2.05, 4.69) is 21.3 Å². The largest absolute Gasteiger partial charge is 0.481 e. The Morgan fingerprint density at radius 1 is 0.423 bits per heavy atom. The van der Waals surface area contributed by atoms with E-state index in [-0.39, 0.29) is 164 Å². The molecule has 0 bridgehead atoms. The highest BCUT2D eigenvalue weighted by molar-refractivity contribution is 5.89. The van der Waals surface area contributed by atoms with Crippen LogP contribution < -0.4 is 32.7 Å². The van der Waals surface area contributed by atoms with Gasteiger partial charge in [-0.3, -0.25) is 43.4 Å². The van der Waals surface area contributed by atoms with E-state index in [1.54, 1.807) is 83.1 Å². The summed E-state index contributed by atoms with van der Waals surface area (Å²) in [6.45, 7) is 21.0. The molecule has 0 aliphatic carbocycles. The minimum atomic E-state index is -1.08. The second-order valence-electron chi connectivity index (χ2n) is 29.2. The van der Waals surface area contributed by atoms with Gasteiger partial charge in [-0.25, -0.2) is 33.6 Å². The quantitative estimate of drug-likeness (QED) is 0.0429. The molecule has 3 aromatic carbocycles. The lowest BCUT2D eigenvalue weighted by Gasteiger charge is -2.27. The number of carbonyl (C=O) groups excluding carboxylic acids is 11. The second-order valence-corrected chi connectivity index (χ2v) is 29.2. The molecule has 0 aromatic heterocycles. The Bertz CT molecular complexity index is 3470. The van der Waals surface area contributed by atoms with Gasteiger partial charge in [-0.2, -0.15) is 0 Å². The number of esters is 3. The molecule has 0 saturated carbocycles. The molecular weight excluding hydrogens is 1440 g/mol. The van der Waals surface area contributed by atoms with Gasteiger partial charge in [0.15, 0.2) is 0 Å². The first-order valence-corrected chi connectivity index (χ1v) is 34.4. The third kappa shape index (κ3) is 40.2. The molecule has 4 aliphatic heterocycles. The Morgan fingerprint density at radius 2 is 0.739 bits per heavy atom. The van der Waals surface area contributed by atoms with Crippen molar-refractivity contribution in [2.24, 2.45) is 11.5 Å². The number of benzene rings is 3. The SMILES string of the molecule is C.C.C.C.C.CC(C)(C)OC(=O)CCC(=O)O.CC(C)(C)OC(=O)N1C[C@H](N)C[C@H]1C(=O)O.COC(=O)[C@@H]1C[C@@H](NC(=O)Cc2ccccc2)CN1C(=O)CNC(=O)OC(C)(C)C.COC(=O)[C@@H]1C[C@@H](NC(=O)Cc2ccccc2)CN1C(=O)OC(C)(C)C.NCC(=O)N1C[C@H](NC(=O)Cc2ccccc2)C[C@H]1C(=O)O. The normalized spacial score (nSPS) is 18.6. The maximum absolute atomic E-state index is 12.6. The summed E-state index contributed by atoms with van der Waals surface area (Å²) in [6.07, 6.45) is -0.492. The molecular formula is C78H126N10O23. The summed E-state index contributed by atoms with van der Waals surface area (Å²) < 4.78 is 30.1. The fourth-order valence-electron chi connectivity index (χ4n) is 10.9. The predicted octanol–water partition coefficient (Wildman–Crippen LogP) is 7.05. The van der Waals surface area contributed by atoms with Gasteiger partial charge in [0, 0.05) is 69.6 Å². The van der Waals surface area contributed by atoms with E-state index < -0.39 is 119 Å². The number of ether oxygens (including phenoxy) is 6. The van der Waals surface area contributed by atoms with Gasteiger partial charge < -0.3 is 86.3 Å². The van der Waals surface area contributed by atoms with Crippen LogP contribution in [-0.4, -0.2) is 243 Å². The second kappa shape index (κ2) is 49.0. The minimum absolute atomic E-state index is 0. The lowest BCUT2D eigenvalue weighted by atomic mass is 10.1. The third-order valence-corrected chi connectivity index (χ3v) is 15.3. The topological polar surface area (TPSA) is 468 Å². The van der Waals surface area contributed by atoms with Gasteiger partial charge in [-0.1, -0.05) is 128 Å². The maximum atomic E-state index is 12.6. The molecule has 33 heteroatoms.